The third kappa shape index (κ3) is 6.17. The van der Waals surface area contributed by atoms with E-state index in [1.54, 1.807) is 35.6 Å². The summed E-state index contributed by atoms with van der Waals surface area (Å²) in [5.74, 6) is -0.126. The van der Waals surface area contributed by atoms with Crippen LogP contribution in [0.15, 0.2) is 40.6 Å². The molecule has 2 atom stereocenters. The number of rotatable bonds is 8. The zero-order valence-corrected chi connectivity index (χ0v) is 21.0. The van der Waals surface area contributed by atoms with Gasteiger partial charge in [-0.2, -0.15) is 4.31 Å². The van der Waals surface area contributed by atoms with Crippen molar-refractivity contribution in [2.45, 2.75) is 64.3 Å². The van der Waals surface area contributed by atoms with Crippen LogP contribution in [0.3, 0.4) is 0 Å². The van der Waals surface area contributed by atoms with Crippen LogP contribution in [-0.2, 0) is 26.1 Å². The molecule has 2 heterocycles. The van der Waals surface area contributed by atoms with Gasteiger partial charge in [0.1, 0.15) is 0 Å². The summed E-state index contributed by atoms with van der Waals surface area (Å²) in [5.41, 5.74) is 1.82. The number of sulfonamides is 1. The first-order chi connectivity index (χ1) is 15.1. The molecule has 1 fully saturated rings. The average molecular weight is 480 g/mol. The predicted molar refractivity (Wildman–Crippen MR) is 128 cm³/mol. The lowest BCUT2D eigenvalue weighted by atomic mass is 10.2. The van der Waals surface area contributed by atoms with Crippen molar-refractivity contribution in [3.05, 3.63) is 46.2 Å². The van der Waals surface area contributed by atoms with Gasteiger partial charge in [0.05, 0.1) is 23.6 Å². The van der Waals surface area contributed by atoms with Gasteiger partial charge in [-0.1, -0.05) is 0 Å². The highest BCUT2D eigenvalue weighted by Gasteiger charge is 2.32. The molecular weight excluding hydrogens is 446 g/mol. The lowest BCUT2D eigenvalue weighted by Gasteiger charge is -2.34. The van der Waals surface area contributed by atoms with E-state index < -0.39 is 10.0 Å². The molecular formula is C23H33N3O4S2. The van der Waals surface area contributed by atoms with Gasteiger partial charge < -0.3 is 10.1 Å². The van der Waals surface area contributed by atoms with Crippen LogP contribution in [-0.4, -0.2) is 61.4 Å². The van der Waals surface area contributed by atoms with Crippen LogP contribution in [0, 0.1) is 6.92 Å². The Bertz CT molecular complexity index is 1010. The van der Waals surface area contributed by atoms with E-state index in [0.717, 1.165) is 6.54 Å². The summed E-state index contributed by atoms with van der Waals surface area (Å²) in [6, 6.07) is 8.68. The molecule has 1 aliphatic heterocycles. The summed E-state index contributed by atoms with van der Waals surface area (Å²) in [5, 5.41) is 4.95. The van der Waals surface area contributed by atoms with Gasteiger partial charge in [-0.3, -0.25) is 9.69 Å². The number of carbonyl (C=O) groups is 1. The molecule has 0 bridgehead atoms. The molecule has 176 valence electrons. The summed E-state index contributed by atoms with van der Waals surface area (Å²) < 4.78 is 33.1. The Morgan fingerprint density at radius 3 is 2.34 bits per heavy atom. The molecule has 0 saturated carbocycles. The molecule has 2 aromatic rings. The molecule has 1 aromatic carbocycles. The topological polar surface area (TPSA) is 79.0 Å². The Morgan fingerprint density at radius 2 is 1.81 bits per heavy atom. The van der Waals surface area contributed by atoms with Gasteiger partial charge in [-0.15, -0.1) is 11.3 Å². The maximum absolute atomic E-state index is 13.0. The number of thiophene rings is 1. The maximum atomic E-state index is 13.0. The molecule has 9 heteroatoms. The standard InChI is InChI=1S/C23H33N3O4S2/c1-16(2)25(14-22-17(3)10-11-31-22)15-23(27)24-20-6-8-21(9-7-20)32(28,29)26-12-18(4)30-19(5)13-26/h6-11,16,18-19H,12-15H2,1-5H3,(H,24,27). The van der Waals surface area contributed by atoms with Crippen molar-refractivity contribution in [1.82, 2.24) is 9.21 Å². The normalized spacial score (nSPS) is 20.1. The maximum Gasteiger partial charge on any atom is 0.243 e. The van der Waals surface area contributed by atoms with E-state index in [1.165, 1.54) is 14.7 Å². The zero-order valence-electron chi connectivity index (χ0n) is 19.4. The van der Waals surface area contributed by atoms with Crippen LogP contribution in [0.5, 0.6) is 0 Å². The molecule has 1 saturated heterocycles. The molecule has 0 aliphatic carbocycles. The fraction of sp³-hybridized carbons (Fsp3) is 0.522. The number of hydrogen-bond acceptors (Lipinski definition) is 6. The lowest BCUT2D eigenvalue weighted by Crippen LogP contribution is -2.48. The second-order valence-corrected chi connectivity index (χ2v) is 11.6. The Morgan fingerprint density at radius 1 is 1.19 bits per heavy atom. The van der Waals surface area contributed by atoms with E-state index in [9.17, 15) is 13.2 Å². The van der Waals surface area contributed by atoms with Gasteiger partial charge in [-0.25, -0.2) is 8.42 Å². The van der Waals surface area contributed by atoms with Crippen LogP contribution in [0.4, 0.5) is 5.69 Å². The van der Waals surface area contributed by atoms with E-state index in [4.69, 9.17) is 4.74 Å². The van der Waals surface area contributed by atoms with Crippen molar-refractivity contribution in [3.63, 3.8) is 0 Å². The number of ether oxygens (including phenoxy) is 1. The first-order valence-electron chi connectivity index (χ1n) is 10.9. The number of aryl methyl sites for hydroxylation is 1. The van der Waals surface area contributed by atoms with Crippen LogP contribution in [0.2, 0.25) is 0 Å². The van der Waals surface area contributed by atoms with Crippen molar-refractivity contribution in [1.29, 1.82) is 0 Å². The van der Waals surface area contributed by atoms with Gasteiger partial charge in [-0.05, 0) is 75.9 Å². The van der Waals surface area contributed by atoms with Crippen LogP contribution < -0.4 is 5.32 Å². The minimum absolute atomic E-state index is 0.126. The lowest BCUT2D eigenvalue weighted by molar-refractivity contribution is -0.117. The first kappa shape index (κ1) is 24.9. The highest BCUT2D eigenvalue weighted by atomic mass is 32.2. The molecule has 0 radical (unpaired) electrons. The van der Waals surface area contributed by atoms with Crippen LogP contribution in [0.1, 0.15) is 38.1 Å². The van der Waals surface area contributed by atoms with E-state index in [-0.39, 0.29) is 35.6 Å². The molecule has 0 spiro atoms. The Hall–Kier alpha value is -1.78. The van der Waals surface area contributed by atoms with Gasteiger partial charge in [0, 0.05) is 36.2 Å². The Kier molecular flexibility index (Phi) is 8.11. The monoisotopic (exact) mass is 479 g/mol. The van der Waals surface area contributed by atoms with E-state index >= 15 is 0 Å². The number of morpholine rings is 1. The number of anilines is 1. The summed E-state index contributed by atoms with van der Waals surface area (Å²) in [6.07, 6.45) is -0.289. The Labute approximate surface area is 195 Å². The van der Waals surface area contributed by atoms with Crippen molar-refractivity contribution in [3.8, 4) is 0 Å². The summed E-state index contributed by atoms with van der Waals surface area (Å²) in [4.78, 5) is 16.2. The molecule has 7 nitrogen and oxygen atoms in total. The largest absolute Gasteiger partial charge is 0.373 e. The molecule has 32 heavy (non-hydrogen) atoms. The second kappa shape index (κ2) is 10.4. The fourth-order valence-corrected chi connectivity index (χ4v) is 6.26. The fourth-order valence-electron chi connectivity index (χ4n) is 3.74. The van der Waals surface area contributed by atoms with E-state index in [1.807, 2.05) is 13.8 Å². The SMILES string of the molecule is Cc1ccsc1CN(CC(=O)Nc1ccc(S(=O)(=O)N2CC(C)OC(C)C2)cc1)C(C)C. The quantitative estimate of drug-likeness (QED) is 0.625. The van der Waals surface area contributed by atoms with E-state index in [0.29, 0.717) is 18.8 Å². The highest BCUT2D eigenvalue weighted by Crippen LogP contribution is 2.23. The smallest absolute Gasteiger partial charge is 0.243 e. The zero-order chi connectivity index (χ0) is 23.5. The molecule has 1 aromatic heterocycles. The van der Waals surface area contributed by atoms with Crippen LogP contribution in [0.25, 0.3) is 0 Å². The van der Waals surface area contributed by atoms with E-state index in [2.05, 4.69) is 42.4 Å². The summed E-state index contributed by atoms with van der Waals surface area (Å²) in [6.45, 7) is 11.6. The molecule has 1 N–H and O–H groups in total. The average Bonchev–Trinajstić information content (AvgIpc) is 3.11. The predicted octanol–water partition coefficient (Wildman–Crippen LogP) is 3.70. The first-order valence-corrected chi connectivity index (χ1v) is 13.2. The number of nitrogens with one attached hydrogen (secondary N) is 1. The van der Waals surface area contributed by atoms with Gasteiger partial charge in [0.15, 0.2) is 0 Å². The van der Waals surface area contributed by atoms with Crippen molar-refractivity contribution in [2.75, 3.05) is 25.0 Å². The number of amides is 1. The second-order valence-electron chi connectivity index (χ2n) is 8.68. The van der Waals surface area contributed by atoms with Gasteiger partial charge in [0.25, 0.3) is 0 Å². The highest BCUT2D eigenvalue weighted by molar-refractivity contribution is 7.89. The third-order valence-corrected chi connectivity index (χ3v) is 8.41. The Balaban J connectivity index is 1.63. The number of nitrogens with zero attached hydrogens (tertiary/aromatic N) is 2. The minimum Gasteiger partial charge on any atom is -0.373 e. The van der Waals surface area contributed by atoms with Crippen molar-refractivity contribution >= 4 is 33.0 Å². The minimum atomic E-state index is -3.60. The van der Waals surface area contributed by atoms with Crippen molar-refractivity contribution in [2.24, 2.45) is 0 Å². The number of carbonyl (C=O) groups excluding carboxylic acids is 1. The number of benzene rings is 1. The summed E-state index contributed by atoms with van der Waals surface area (Å²) in [7, 11) is -3.60. The van der Waals surface area contributed by atoms with Gasteiger partial charge >= 0.3 is 0 Å². The summed E-state index contributed by atoms with van der Waals surface area (Å²) >= 11 is 1.70. The molecule has 1 aliphatic rings. The molecule has 2 unspecified atom stereocenters. The number of hydrogen-bond donors (Lipinski definition) is 1. The van der Waals surface area contributed by atoms with Crippen LogP contribution >= 0.6 is 11.3 Å². The third-order valence-electron chi connectivity index (χ3n) is 5.55. The molecule has 3 rings (SSSR count). The van der Waals surface area contributed by atoms with Gasteiger partial charge in [0.2, 0.25) is 15.9 Å². The van der Waals surface area contributed by atoms with Crippen molar-refractivity contribution < 1.29 is 17.9 Å². The molecule has 1 amide bonds.